The molecule has 0 radical (unpaired) electrons. The number of nitrogens with zero attached hydrogens (tertiary/aromatic N) is 2. The van der Waals surface area contributed by atoms with E-state index >= 15 is 0 Å². The average molecular weight is 410 g/mol. The molecule has 2 aliphatic heterocycles. The fourth-order valence-electron chi connectivity index (χ4n) is 4.70. The zero-order valence-corrected chi connectivity index (χ0v) is 17.6. The van der Waals surface area contributed by atoms with E-state index < -0.39 is 0 Å². The highest BCUT2D eigenvalue weighted by molar-refractivity contribution is 5.85. The summed E-state index contributed by atoms with van der Waals surface area (Å²) in [6.45, 7) is 7.61. The predicted octanol–water partition coefficient (Wildman–Crippen LogP) is 2.70. The maximum Gasteiger partial charge on any atom is 0.223 e. The van der Waals surface area contributed by atoms with Gasteiger partial charge in [0.25, 0.3) is 0 Å². The first-order chi connectivity index (χ1) is 11.7. The van der Waals surface area contributed by atoms with Crippen molar-refractivity contribution in [2.45, 2.75) is 51.4 Å². The van der Waals surface area contributed by atoms with Crippen molar-refractivity contribution in [3.63, 3.8) is 0 Å². The Kier molecular flexibility index (Phi) is 10.8. The third-order valence-electron chi connectivity index (χ3n) is 6.46. The highest BCUT2D eigenvalue weighted by Crippen LogP contribution is 2.39. The van der Waals surface area contributed by atoms with Gasteiger partial charge in [0.05, 0.1) is 13.2 Å². The van der Waals surface area contributed by atoms with Gasteiger partial charge in [0.2, 0.25) is 5.91 Å². The second-order valence-corrected chi connectivity index (χ2v) is 8.18. The number of hydrogen-bond donors (Lipinski definition) is 1. The lowest BCUT2D eigenvalue weighted by atomic mass is 9.71. The van der Waals surface area contributed by atoms with Gasteiger partial charge in [-0.3, -0.25) is 9.69 Å². The van der Waals surface area contributed by atoms with Crippen LogP contribution in [-0.4, -0.2) is 68.2 Å². The second-order valence-electron chi connectivity index (χ2n) is 8.18. The number of morpholine rings is 1. The topological polar surface area (TPSA) is 58.8 Å². The Hall–Kier alpha value is -0.0700. The fourth-order valence-corrected chi connectivity index (χ4v) is 4.70. The summed E-state index contributed by atoms with van der Waals surface area (Å²) in [5, 5.41) is 0. The number of halogens is 2. The summed E-state index contributed by atoms with van der Waals surface area (Å²) in [6, 6.07) is 0. The van der Waals surface area contributed by atoms with E-state index in [2.05, 4.69) is 9.80 Å². The van der Waals surface area contributed by atoms with Gasteiger partial charge in [0, 0.05) is 39.1 Å². The molecule has 1 saturated carbocycles. The van der Waals surface area contributed by atoms with Gasteiger partial charge in [-0.1, -0.05) is 19.3 Å². The van der Waals surface area contributed by atoms with E-state index in [1.807, 2.05) is 0 Å². The quantitative estimate of drug-likeness (QED) is 0.757. The average Bonchev–Trinajstić information content (AvgIpc) is 2.64. The summed E-state index contributed by atoms with van der Waals surface area (Å²) in [6.07, 6.45) is 9.06. The first-order valence-corrected chi connectivity index (χ1v) is 9.99. The van der Waals surface area contributed by atoms with Crippen molar-refractivity contribution < 1.29 is 9.53 Å². The molecule has 0 unspecified atom stereocenters. The third-order valence-corrected chi connectivity index (χ3v) is 6.46. The SMILES string of the molecule is Cl.Cl.NCC1(CC(=O)N2CCC(CN3CCOCC3)CC2)CCCCC1. The molecule has 3 rings (SSSR count). The zero-order chi connectivity index (χ0) is 16.8. The summed E-state index contributed by atoms with van der Waals surface area (Å²) in [7, 11) is 0. The maximum absolute atomic E-state index is 12.8. The highest BCUT2D eigenvalue weighted by atomic mass is 35.5. The molecule has 0 aromatic heterocycles. The lowest BCUT2D eigenvalue weighted by Gasteiger charge is -2.40. The predicted molar refractivity (Wildman–Crippen MR) is 110 cm³/mol. The molecule has 7 heteroatoms. The smallest absolute Gasteiger partial charge is 0.223 e. The number of hydrogen-bond acceptors (Lipinski definition) is 4. The van der Waals surface area contributed by atoms with Crippen LogP contribution < -0.4 is 5.73 Å². The molecule has 1 amide bonds. The van der Waals surface area contributed by atoms with Gasteiger partial charge in [-0.2, -0.15) is 0 Å². The van der Waals surface area contributed by atoms with Crippen LogP contribution in [-0.2, 0) is 9.53 Å². The van der Waals surface area contributed by atoms with Crippen LogP contribution in [0.15, 0.2) is 0 Å². The molecule has 154 valence electrons. The Labute approximate surface area is 171 Å². The van der Waals surface area contributed by atoms with Crippen molar-refractivity contribution in [1.82, 2.24) is 9.80 Å². The van der Waals surface area contributed by atoms with Crippen molar-refractivity contribution >= 4 is 30.7 Å². The molecule has 2 N–H and O–H groups in total. The fraction of sp³-hybridized carbons (Fsp3) is 0.947. The summed E-state index contributed by atoms with van der Waals surface area (Å²) in [5.41, 5.74) is 6.15. The number of nitrogens with two attached hydrogens (primary N) is 1. The summed E-state index contributed by atoms with van der Waals surface area (Å²) < 4.78 is 5.42. The number of piperidine rings is 1. The molecule has 2 saturated heterocycles. The number of carbonyl (C=O) groups is 1. The standard InChI is InChI=1S/C19H35N3O2.2ClH/c20-16-19(6-2-1-3-7-19)14-18(23)22-8-4-17(5-9-22)15-21-10-12-24-13-11-21;;/h17H,1-16,20H2;2*1H. The van der Waals surface area contributed by atoms with Gasteiger partial charge < -0.3 is 15.4 Å². The minimum atomic E-state index is 0. The minimum absolute atomic E-state index is 0. The number of likely N-dealkylation sites (tertiary alicyclic amines) is 1. The van der Waals surface area contributed by atoms with E-state index in [4.69, 9.17) is 10.5 Å². The monoisotopic (exact) mass is 409 g/mol. The van der Waals surface area contributed by atoms with E-state index in [1.165, 1.54) is 25.8 Å². The number of ether oxygens (including phenoxy) is 1. The molecule has 3 fully saturated rings. The lowest BCUT2D eigenvalue weighted by molar-refractivity contribution is -0.135. The number of rotatable bonds is 5. The normalized spacial score (nSPS) is 24.4. The Morgan fingerprint density at radius 1 is 1.00 bits per heavy atom. The van der Waals surface area contributed by atoms with E-state index in [-0.39, 0.29) is 30.2 Å². The van der Waals surface area contributed by atoms with Crippen molar-refractivity contribution in [3.8, 4) is 0 Å². The van der Waals surface area contributed by atoms with Crippen LogP contribution in [0, 0.1) is 11.3 Å². The van der Waals surface area contributed by atoms with E-state index in [0.717, 1.165) is 71.0 Å². The highest BCUT2D eigenvalue weighted by Gasteiger charge is 2.35. The molecule has 26 heavy (non-hydrogen) atoms. The van der Waals surface area contributed by atoms with E-state index in [0.29, 0.717) is 18.9 Å². The molecule has 0 aromatic rings. The molecule has 2 heterocycles. The Bertz CT molecular complexity index is 406. The molecular formula is C19H37Cl2N3O2. The molecule has 1 aliphatic carbocycles. The van der Waals surface area contributed by atoms with Gasteiger partial charge in [0.15, 0.2) is 0 Å². The van der Waals surface area contributed by atoms with Crippen LogP contribution in [0.3, 0.4) is 0 Å². The largest absolute Gasteiger partial charge is 0.379 e. The van der Waals surface area contributed by atoms with Crippen molar-refractivity contribution in [1.29, 1.82) is 0 Å². The van der Waals surface area contributed by atoms with Gasteiger partial charge in [-0.05, 0) is 43.6 Å². The Morgan fingerprint density at radius 3 is 2.19 bits per heavy atom. The van der Waals surface area contributed by atoms with Crippen LogP contribution in [0.25, 0.3) is 0 Å². The van der Waals surface area contributed by atoms with Crippen LogP contribution in [0.1, 0.15) is 51.4 Å². The first-order valence-electron chi connectivity index (χ1n) is 9.99. The maximum atomic E-state index is 12.8. The number of amides is 1. The molecule has 0 aromatic carbocycles. The van der Waals surface area contributed by atoms with Crippen molar-refractivity contribution in [2.75, 3.05) is 52.5 Å². The molecule has 0 bridgehead atoms. The Morgan fingerprint density at radius 2 is 1.62 bits per heavy atom. The Balaban J connectivity index is 0.00000169. The zero-order valence-electron chi connectivity index (χ0n) is 16.0. The summed E-state index contributed by atoms with van der Waals surface area (Å²) in [5.74, 6) is 1.09. The van der Waals surface area contributed by atoms with Gasteiger partial charge in [0.1, 0.15) is 0 Å². The summed E-state index contributed by atoms with van der Waals surface area (Å²) in [4.78, 5) is 17.4. The van der Waals surface area contributed by atoms with Crippen LogP contribution >= 0.6 is 24.8 Å². The van der Waals surface area contributed by atoms with Gasteiger partial charge >= 0.3 is 0 Å². The molecule has 3 aliphatic rings. The van der Waals surface area contributed by atoms with Crippen molar-refractivity contribution in [3.05, 3.63) is 0 Å². The minimum Gasteiger partial charge on any atom is -0.379 e. The second kappa shape index (κ2) is 11.7. The van der Waals surface area contributed by atoms with Gasteiger partial charge in [-0.15, -0.1) is 24.8 Å². The van der Waals surface area contributed by atoms with Crippen LogP contribution in [0.5, 0.6) is 0 Å². The lowest BCUT2D eigenvalue weighted by Crippen LogP contribution is -2.46. The first kappa shape index (κ1) is 24.0. The van der Waals surface area contributed by atoms with Gasteiger partial charge in [-0.25, -0.2) is 0 Å². The number of carbonyl (C=O) groups excluding carboxylic acids is 1. The molecule has 0 spiro atoms. The van der Waals surface area contributed by atoms with E-state index in [1.54, 1.807) is 0 Å². The molecule has 5 nitrogen and oxygen atoms in total. The summed E-state index contributed by atoms with van der Waals surface area (Å²) >= 11 is 0. The van der Waals surface area contributed by atoms with Crippen LogP contribution in [0.4, 0.5) is 0 Å². The molecule has 0 atom stereocenters. The van der Waals surface area contributed by atoms with Crippen LogP contribution in [0.2, 0.25) is 0 Å². The van der Waals surface area contributed by atoms with Crippen molar-refractivity contribution in [2.24, 2.45) is 17.1 Å². The van der Waals surface area contributed by atoms with E-state index in [9.17, 15) is 4.79 Å². The third kappa shape index (κ3) is 6.52. The molecular weight excluding hydrogens is 373 g/mol.